The summed E-state index contributed by atoms with van der Waals surface area (Å²) in [6.07, 6.45) is 6.32. The van der Waals surface area contributed by atoms with Crippen molar-refractivity contribution >= 4 is 39.4 Å². The van der Waals surface area contributed by atoms with Crippen LogP contribution >= 0.6 is 27.3 Å². The highest BCUT2D eigenvalue weighted by Crippen LogP contribution is 2.29. The highest BCUT2D eigenvalue weighted by Gasteiger charge is 2.16. The van der Waals surface area contributed by atoms with Crippen LogP contribution in [0.2, 0.25) is 0 Å². The first-order valence-electron chi connectivity index (χ1n) is 6.93. The van der Waals surface area contributed by atoms with Gasteiger partial charge in [0.25, 0.3) is 5.91 Å². The van der Waals surface area contributed by atoms with Gasteiger partial charge in [-0.3, -0.25) is 4.79 Å². The maximum atomic E-state index is 12.1. The van der Waals surface area contributed by atoms with Gasteiger partial charge in [-0.1, -0.05) is 28.1 Å². The average molecular weight is 363 g/mol. The maximum absolute atomic E-state index is 12.1. The average Bonchev–Trinajstić information content (AvgIpc) is 2.93. The summed E-state index contributed by atoms with van der Waals surface area (Å²) in [7, 11) is 0. The zero-order chi connectivity index (χ0) is 14.7. The van der Waals surface area contributed by atoms with Crippen LogP contribution in [0.1, 0.15) is 38.5 Å². The summed E-state index contributed by atoms with van der Waals surface area (Å²) in [5.74, 6) is -0.122. The summed E-state index contributed by atoms with van der Waals surface area (Å²) in [6, 6.07) is 9.77. The molecule has 2 aromatic rings. The van der Waals surface area contributed by atoms with Crippen LogP contribution in [0.4, 0.5) is 0 Å². The van der Waals surface area contributed by atoms with Gasteiger partial charge in [0.15, 0.2) is 0 Å². The Morgan fingerprint density at radius 1 is 1.24 bits per heavy atom. The number of nitrogens with zero attached hydrogens (tertiary/aromatic N) is 1. The van der Waals surface area contributed by atoms with Gasteiger partial charge in [-0.2, -0.15) is 5.10 Å². The van der Waals surface area contributed by atoms with Crippen molar-refractivity contribution in [1.29, 1.82) is 0 Å². The minimum absolute atomic E-state index is 0.122. The van der Waals surface area contributed by atoms with E-state index in [1.165, 1.54) is 23.3 Å². The molecule has 0 saturated carbocycles. The third-order valence-electron chi connectivity index (χ3n) is 3.47. The predicted octanol–water partition coefficient (Wildman–Crippen LogP) is 4.15. The molecule has 0 radical (unpaired) electrons. The highest BCUT2D eigenvalue weighted by molar-refractivity contribution is 9.10. The van der Waals surface area contributed by atoms with Gasteiger partial charge >= 0.3 is 0 Å². The Balaban J connectivity index is 1.63. The van der Waals surface area contributed by atoms with Gasteiger partial charge in [0.1, 0.15) is 0 Å². The van der Waals surface area contributed by atoms with E-state index in [-0.39, 0.29) is 5.91 Å². The fourth-order valence-corrected chi connectivity index (χ4v) is 3.78. The molecule has 0 spiro atoms. The van der Waals surface area contributed by atoms with Crippen LogP contribution in [-0.4, -0.2) is 12.1 Å². The standard InChI is InChI=1S/C16H15BrN2OS/c17-13-7-5-11(6-8-13)10-18-19-16(20)15-9-12-3-1-2-4-14(12)21-15/h5-10H,1-4H2,(H,19,20). The molecule has 5 heteroatoms. The topological polar surface area (TPSA) is 41.5 Å². The van der Waals surface area contributed by atoms with Crippen molar-refractivity contribution in [3.05, 3.63) is 55.7 Å². The predicted molar refractivity (Wildman–Crippen MR) is 90.2 cm³/mol. The summed E-state index contributed by atoms with van der Waals surface area (Å²) in [5.41, 5.74) is 4.89. The Hall–Kier alpha value is -1.46. The van der Waals surface area contributed by atoms with Crippen molar-refractivity contribution in [1.82, 2.24) is 5.43 Å². The van der Waals surface area contributed by atoms with E-state index in [1.54, 1.807) is 17.6 Å². The van der Waals surface area contributed by atoms with Crippen molar-refractivity contribution in [3.63, 3.8) is 0 Å². The van der Waals surface area contributed by atoms with Crippen LogP contribution in [0.5, 0.6) is 0 Å². The van der Waals surface area contributed by atoms with E-state index in [1.807, 2.05) is 30.3 Å². The first-order chi connectivity index (χ1) is 10.2. The number of hydrazone groups is 1. The molecule has 1 heterocycles. The van der Waals surface area contributed by atoms with Crippen LogP contribution in [0, 0.1) is 0 Å². The molecule has 0 saturated heterocycles. The lowest BCUT2D eigenvalue weighted by Crippen LogP contribution is -2.16. The molecule has 21 heavy (non-hydrogen) atoms. The van der Waals surface area contributed by atoms with Gasteiger partial charge in [0, 0.05) is 9.35 Å². The summed E-state index contributed by atoms with van der Waals surface area (Å²) < 4.78 is 1.02. The minimum atomic E-state index is -0.122. The normalized spacial score (nSPS) is 14.1. The number of aryl methyl sites for hydroxylation is 2. The monoisotopic (exact) mass is 362 g/mol. The number of fused-ring (bicyclic) bond motifs is 1. The van der Waals surface area contributed by atoms with Crippen LogP contribution in [-0.2, 0) is 12.8 Å². The SMILES string of the molecule is O=C(NN=Cc1ccc(Br)cc1)c1cc2c(s1)CCCC2. The van der Waals surface area contributed by atoms with Crippen LogP contribution in [0.25, 0.3) is 0 Å². The quantitative estimate of drug-likeness (QED) is 0.646. The van der Waals surface area contributed by atoms with Crippen LogP contribution in [0.3, 0.4) is 0 Å². The number of hydrogen-bond acceptors (Lipinski definition) is 3. The first-order valence-corrected chi connectivity index (χ1v) is 8.54. The molecule has 1 aromatic heterocycles. The molecule has 108 valence electrons. The van der Waals surface area contributed by atoms with E-state index < -0.39 is 0 Å². The zero-order valence-electron chi connectivity index (χ0n) is 11.4. The molecule has 0 fully saturated rings. The molecule has 1 N–H and O–H groups in total. The number of benzene rings is 1. The first kappa shape index (κ1) is 14.5. The lowest BCUT2D eigenvalue weighted by molar-refractivity contribution is 0.0959. The van der Waals surface area contributed by atoms with Crippen LogP contribution < -0.4 is 5.43 Å². The van der Waals surface area contributed by atoms with Gasteiger partial charge < -0.3 is 0 Å². The van der Waals surface area contributed by atoms with E-state index in [2.05, 4.69) is 26.5 Å². The number of carbonyl (C=O) groups is 1. The second kappa shape index (κ2) is 6.54. The number of thiophene rings is 1. The molecular formula is C16H15BrN2OS. The third kappa shape index (κ3) is 3.60. The van der Waals surface area contributed by atoms with Gasteiger partial charge in [-0.15, -0.1) is 11.3 Å². The van der Waals surface area contributed by atoms with Gasteiger partial charge in [0.2, 0.25) is 0 Å². The Bertz CT molecular complexity index is 653. The van der Waals surface area contributed by atoms with Crippen molar-refractivity contribution in [2.24, 2.45) is 5.10 Å². The molecule has 1 aromatic carbocycles. The fourth-order valence-electron chi connectivity index (χ4n) is 2.37. The number of halogens is 1. The summed E-state index contributed by atoms with van der Waals surface area (Å²) >= 11 is 4.98. The molecule has 0 aliphatic heterocycles. The Morgan fingerprint density at radius 3 is 2.76 bits per heavy atom. The van der Waals surface area contributed by atoms with Gasteiger partial charge in [-0.25, -0.2) is 5.43 Å². The maximum Gasteiger partial charge on any atom is 0.281 e. The number of hydrogen-bond donors (Lipinski definition) is 1. The lowest BCUT2D eigenvalue weighted by Gasteiger charge is -2.08. The minimum Gasteiger partial charge on any atom is -0.266 e. The molecule has 0 atom stereocenters. The number of amides is 1. The summed E-state index contributed by atoms with van der Waals surface area (Å²) in [4.78, 5) is 14.2. The molecule has 1 amide bonds. The largest absolute Gasteiger partial charge is 0.281 e. The second-order valence-corrected chi connectivity index (χ2v) is 7.07. The van der Waals surface area contributed by atoms with E-state index >= 15 is 0 Å². The van der Waals surface area contributed by atoms with E-state index in [0.717, 1.165) is 27.8 Å². The summed E-state index contributed by atoms with van der Waals surface area (Å²) in [6.45, 7) is 0. The van der Waals surface area contributed by atoms with Crippen molar-refractivity contribution < 1.29 is 4.79 Å². The molecule has 3 nitrogen and oxygen atoms in total. The number of carbonyl (C=O) groups excluding carboxylic acids is 1. The fraction of sp³-hybridized carbons (Fsp3) is 0.250. The molecular weight excluding hydrogens is 348 g/mol. The Kier molecular flexibility index (Phi) is 4.51. The van der Waals surface area contributed by atoms with Crippen molar-refractivity contribution in [2.75, 3.05) is 0 Å². The number of rotatable bonds is 3. The Morgan fingerprint density at radius 2 is 2.00 bits per heavy atom. The van der Waals surface area contributed by atoms with Crippen molar-refractivity contribution in [3.8, 4) is 0 Å². The number of nitrogens with one attached hydrogen (secondary N) is 1. The van der Waals surface area contributed by atoms with Crippen molar-refractivity contribution in [2.45, 2.75) is 25.7 Å². The molecule has 3 rings (SSSR count). The Labute approximate surface area is 136 Å². The molecule has 0 bridgehead atoms. The molecule has 1 aliphatic rings. The summed E-state index contributed by atoms with van der Waals surface area (Å²) in [5, 5.41) is 4.02. The van der Waals surface area contributed by atoms with E-state index in [9.17, 15) is 4.79 Å². The van der Waals surface area contributed by atoms with Gasteiger partial charge in [0.05, 0.1) is 11.1 Å². The molecule has 0 unspecified atom stereocenters. The van der Waals surface area contributed by atoms with E-state index in [4.69, 9.17) is 0 Å². The highest BCUT2D eigenvalue weighted by atomic mass is 79.9. The second-order valence-electron chi connectivity index (χ2n) is 5.02. The lowest BCUT2D eigenvalue weighted by atomic mass is 9.99. The van der Waals surface area contributed by atoms with E-state index in [0.29, 0.717) is 0 Å². The smallest absolute Gasteiger partial charge is 0.266 e. The zero-order valence-corrected chi connectivity index (χ0v) is 13.8. The molecule has 1 aliphatic carbocycles. The van der Waals surface area contributed by atoms with Gasteiger partial charge in [-0.05, 0) is 55.0 Å². The van der Waals surface area contributed by atoms with Crippen LogP contribution in [0.15, 0.2) is 39.9 Å². The third-order valence-corrected chi connectivity index (χ3v) is 5.23.